The van der Waals surface area contributed by atoms with Crippen LogP contribution in [0.4, 0.5) is 0 Å². The average Bonchev–Trinajstić information content (AvgIpc) is 2.97. The highest BCUT2D eigenvalue weighted by Gasteiger charge is 2.54. The number of benzene rings is 1. The molecule has 4 unspecified atom stereocenters. The second kappa shape index (κ2) is 13.1. The molecular weight excluding hydrogens is 550 g/mol. The van der Waals surface area contributed by atoms with Crippen molar-refractivity contribution in [2.24, 2.45) is 0 Å². The number of hydrogen-bond acceptors (Lipinski definition) is 15. The zero-order valence-electron chi connectivity index (χ0n) is 22.2. The third-order valence-corrected chi connectivity index (χ3v) is 6.64. The van der Waals surface area contributed by atoms with E-state index in [0.717, 1.165) is 7.11 Å². The van der Waals surface area contributed by atoms with Crippen LogP contribution in [-0.2, 0) is 39.8 Å². The topological polar surface area (TPSA) is 245 Å². The Hall–Kier alpha value is -3.26. The fourth-order valence-electron chi connectivity index (χ4n) is 4.42. The van der Waals surface area contributed by atoms with E-state index >= 15 is 0 Å². The van der Waals surface area contributed by atoms with Crippen molar-refractivity contribution in [2.45, 2.75) is 74.9 Å². The number of amides is 1. The van der Waals surface area contributed by atoms with E-state index in [-0.39, 0.29) is 6.54 Å². The van der Waals surface area contributed by atoms with Gasteiger partial charge < -0.3 is 54.5 Å². The van der Waals surface area contributed by atoms with Crippen LogP contribution in [-0.4, -0.2) is 133 Å². The van der Waals surface area contributed by atoms with Gasteiger partial charge >= 0.3 is 5.97 Å². The van der Waals surface area contributed by atoms with Crippen molar-refractivity contribution >= 4 is 11.9 Å². The summed E-state index contributed by atoms with van der Waals surface area (Å²) >= 11 is 0. The maximum Gasteiger partial charge on any atom is 0.335 e. The lowest BCUT2D eigenvalue weighted by Gasteiger charge is -2.45. The fraction of sp³-hybridized carbons (Fsp3) is 0.583. The first kappa shape index (κ1) is 30.7. The number of aryl methyl sites for hydroxylation is 1. The van der Waals surface area contributed by atoms with Crippen molar-refractivity contribution in [3.8, 4) is 11.4 Å². The standard InChI is InChI=1S/C24H31N5O12/c1-9-26-28-20(29-27-9)11-6-4-10(5-7-11)8-25-21(34)18-17(13(31)14(32)23(38-3)40-18)39-24-15(33)12(30)16(37-2)19(41-24)22(35)36/h4-7,12-19,23-24,30-33H,8H2,1-3H3,(H,25,34)(H,35,36)/t12?,13?,14-,15?,16+,17+,18?,19-,23-,24-/m1/s1. The molecule has 2 saturated heterocycles. The second-order valence-corrected chi connectivity index (χ2v) is 9.37. The molecule has 41 heavy (non-hydrogen) atoms. The highest BCUT2D eigenvalue weighted by molar-refractivity contribution is 5.81. The Morgan fingerprint density at radius 3 is 2.00 bits per heavy atom. The van der Waals surface area contributed by atoms with Crippen molar-refractivity contribution in [3.05, 3.63) is 35.7 Å². The largest absolute Gasteiger partial charge is 0.479 e. The molecule has 3 heterocycles. The Balaban J connectivity index is 1.48. The number of methoxy groups -OCH3 is 2. The number of aromatic nitrogens is 4. The number of hydrogen-bond donors (Lipinski definition) is 6. The summed E-state index contributed by atoms with van der Waals surface area (Å²) in [5.74, 6) is -1.56. The first-order chi connectivity index (χ1) is 19.5. The van der Waals surface area contributed by atoms with Crippen LogP contribution in [0.2, 0.25) is 0 Å². The van der Waals surface area contributed by atoms with Gasteiger partial charge in [0.05, 0.1) is 0 Å². The number of carboxylic acid groups (broad SMARTS) is 1. The van der Waals surface area contributed by atoms with Crippen molar-refractivity contribution in [1.29, 1.82) is 0 Å². The van der Waals surface area contributed by atoms with E-state index in [0.29, 0.717) is 22.8 Å². The molecule has 0 aliphatic carbocycles. The van der Waals surface area contributed by atoms with E-state index in [4.69, 9.17) is 23.7 Å². The zero-order chi connectivity index (χ0) is 29.8. The average molecular weight is 582 g/mol. The maximum absolute atomic E-state index is 13.2. The van der Waals surface area contributed by atoms with Crippen LogP contribution in [0.1, 0.15) is 11.4 Å². The summed E-state index contributed by atoms with van der Waals surface area (Å²) < 4.78 is 26.4. The van der Waals surface area contributed by atoms with Gasteiger partial charge in [0.2, 0.25) is 5.82 Å². The minimum Gasteiger partial charge on any atom is -0.479 e. The molecule has 17 nitrogen and oxygen atoms in total. The minimum absolute atomic E-state index is 0.00508. The highest BCUT2D eigenvalue weighted by Crippen LogP contribution is 2.30. The minimum atomic E-state index is -1.84. The van der Waals surface area contributed by atoms with Crippen LogP contribution in [0.5, 0.6) is 0 Å². The van der Waals surface area contributed by atoms with E-state index in [1.807, 2.05) is 0 Å². The lowest BCUT2D eigenvalue weighted by Crippen LogP contribution is -2.66. The van der Waals surface area contributed by atoms with Crippen LogP contribution >= 0.6 is 0 Å². The van der Waals surface area contributed by atoms with Gasteiger partial charge in [-0.15, -0.1) is 20.4 Å². The molecule has 17 heteroatoms. The SMILES string of the molecule is CO[C@@H]1OC(C(=O)NCc2ccc(-c3nnc(C)nn3)cc2)[C@@H](O[C@@H]2O[C@@H](C(=O)O)[C@@H](OC)C(O)C2O)C(O)[C@H]1O. The first-order valence-corrected chi connectivity index (χ1v) is 12.4. The number of carbonyl (C=O) groups is 2. The molecule has 10 atom stereocenters. The predicted molar refractivity (Wildman–Crippen MR) is 131 cm³/mol. The van der Waals surface area contributed by atoms with Gasteiger partial charge in [-0.2, -0.15) is 0 Å². The van der Waals surface area contributed by atoms with Gasteiger partial charge in [0.25, 0.3) is 5.91 Å². The van der Waals surface area contributed by atoms with Crippen LogP contribution in [0, 0.1) is 6.92 Å². The maximum atomic E-state index is 13.2. The number of carboxylic acids is 1. The molecule has 1 aromatic heterocycles. The molecule has 1 aromatic carbocycles. The van der Waals surface area contributed by atoms with E-state index in [1.165, 1.54) is 7.11 Å². The molecule has 2 aromatic rings. The Morgan fingerprint density at radius 1 is 0.829 bits per heavy atom. The quantitative estimate of drug-likeness (QED) is 0.171. The van der Waals surface area contributed by atoms with Crippen molar-refractivity contribution in [2.75, 3.05) is 14.2 Å². The molecule has 1 amide bonds. The van der Waals surface area contributed by atoms with Crippen molar-refractivity contribution in [1.82, 2.24) is 25.7 Å². The number of aliphatic hydroxyl groups excluding tert-OH is 4. The fourth-order valence-corrected chi connectivity index (χ4v) is 4.42. The van der Waals surface area contributed by atoms with Gasteiger partial charge in [-0.3, -0.25) is 4.79 Å². The normalized spacial score (nSPS) is 33.7. The molecule has 2 aliphatic heterocycles. The van der Waals surface area contributed by atoms with Crippen LogP contribution in [0.15, 0.2) is 24.3 Å². The molecule has 0 saturated carbocycles. The van der Waals surface area contributed by atoms with E-state index < -0.39 is 73.3 Å². The molecule has 4 rings (SSSR count). The summed E-state index contributed by atoms with van der Waals surface area (Å²) in [5.41, 5.74) is 1.31. The summed E-state index contributed by atoms with van der Waals surface area (Å²) in [5, 5.41) is 69.9. The smallest absolute Gasteiger partial charge is 0.335 e. The van der Waals surface area contributed by atoms with Gasteiger partial charge in [-0.05, 0) is 12.5 Å². The van der Waals surface area contributed by atoms with Crippen LogP contribution < -0.4 is 5.32 Å². The monoisotopic (exact) mass is 581 g/mol. The zero-order valence-corrected chi connectivity index (χ0v) is 22.2. The Kier molecular flexibility index (Phi) is 9.84. The van der Waals surface area contributed by atoms with Gasteiger partial charge in [-0.25, -0.2) is 4.79 Å². The number of rotatable bonds is 9. The van der Waals surface area contributed by atoms with Crippen molar-refractivity contribution < 1.29 is 58.8 Å². The number of carbonyl (C=O) groups excluding carboxylic acids is 1. The second-order valence-electron chi connectivity index (χ2n) is 9.37. The number of nitrogens with one attached hydrogen (secondary N) is 1. The summed E-state index contributed by atoms with van der Waals surface area (Å²) in [7, 11) is 2.31. The number of aliphatic hydroxyl groups is 4. The lowest BCUT2D eigenvalue weighted by atomic mass is 9.96. The predicted octanol–water partition coefficient (Wildman–Crippen LogP) is -3.12. The Morgan fingerprint density at radius 2 is 1.41 bits per heavy atom. The molecule has 6 N–H and O–H groups in total. The van der Waals surface area contributed by atoms with Crippen LogP contribution in [0.3, 0.4) is 0 Å². The summed E-state index contributed by atoms with van der Waals surface area (Å²) in [4.78, 5) is 24.9. The van der Waals surface area contributed by atoms with Crippen LogP contribution in [0.25, 0.3) is 11.4 Å². The first-order valence-electron chi connectivity index (χ1n) is 12.4. The van der Waals surface area contributed by atoms with E-state index in [2.05, 4.69) is 25.7 Å². The number of nitrogens with zero attached hydrogens (tertiary/aromatic N) is 4. The Labute approximate surface area is 233 Å². The molecule has 2 aliphatic rings. The summed E-state index contributed by atoms with van der Waals surface area (Å²) in [6, 6.07) is 6.83. The van der Waals surface area contributed by atoms with Crippen molar-refractivity contribution in [3.63, 3.8) is 0 Å². The van der Waals surface area contributed by atoms with Gasteiger partial charge in [-0.1, -0.05) is 24.3 Å². The molecule has 0 bridgehead atoms. The molecule has 224 valence electrons. The van der Waals surface area contributed by atoms with Gasteiger partial charge in [0.15, 0.2) is 30.6 Å². The molecule has 0 spiro atoms. The molecule has 2 fully saturated rings. The highest BCUT2D eigenvalue weighted by atomic mass is 16.7. The van der Waals surface area contributed by atoms with E-state index in [9.17, 15) is 35.1 Å². The number of ether oxygens (including phenoxy) is 5. The summed E-state index contributed by atoms with van der Waals surface area (Å²) in [6.07, 6.45) is -16.9. The van der Waals surface area contributed by atoms with Gasteiger partial charge in [0.1, 0.15) is 36.6 Å². The third-order valence-electron chi connectivity index (χ3n) is 6.64. The van der Waals surface area contributed by atoms with Gasteiger partial charge in [0, 0.05) is 26.3 Å². The van der Waals surface area contributed by atoms with E-state index in [1.54, 1.807) is 31.2 Å². The number of aliphatic carboxylic acids is 1. The Bertz CT molecular complexity index is 1190. The lowest BCUT2D eigenvalue weighted by molar-refractivity contribution is -0.348. The molecular formula is C24H31N5O12. The molecule has 0 radical (unpaired) electrons. The summed E-state index contributed by atoms with van der Waals surface area (Å²) in [6.45, 7) is 1.66. The third kappa shape index (κ3) is 6.64.